The summed E-state index contributed by atoms with van der Waals surface area (Å²) >= 11 is 5.73. The van der Waals surface area contributed by atoms with Gasteiger partial charge in [0.05, 0.1) is 22.6 Å². The van der Waals surface area contributed by atoms with Crippen molar-refractivity contribution >= 4 is 33.2 Å². The summed E-state index contributed by atoms with van der Waals surface area (Å²) in [6.07, 6.45) is -0.497. The Morgan fingerprint density at radius 2 is 2.03 bits per heavy atom. The number of nitrogens with zero attached hydrogens (tertiary/aromatic N) is 1. The van der Waals surface area contributed by atoms with E-state index in [1.807, 2.05) is 0 Å². The second kappa shape index (κ2) is 9.40. The van der Waals surface area contributed by atoms with Gasteiger partial charge in [-0.15, -0.1) is 0 Å². The summed E-state index contributed by atoms with van der Waals surface area (Å²) in [6.45, 7) is 2.28. The first-order chi connectivity index (χ1) is 14.2. The van der Waals surface area contributed by atoms with Crippen LogP contribution in [0.2, 0.25) is 5.02 Å². The van der Waals surface area contributed by atoms with Crippen molar-refractivity contribution in [1.82, 2.24) is 4.31 Å². The Morgan fingerprint density at radius 1 is 1.27 bits per heavy atom. The molecule has 0 spiro atoms. The van der Waals surface area contributed by atoms with Gasteiger partial charge in [0.15, 0.2) is 0 Å². The fourth-order valence-electron chi connectivity index (χ4n) is 3.06. The van der Waals surface area contributed by atoms with E-state index in [9.17, 15) is 22.7 Å². The van der Waals surface area contributed by atoms with Crippen LogP contribution in [0.1, 0.15) is 22.3 Å². The van der Waals surface area contributed by atoms with Gasteiger partial charge >= 0.3 is 0 Å². The number of anilines is 1. The van der Waals surface area contributed by atoms with Crippen molar-refractivity contribution in [2.24, 2.45) is 0 Å². The second-order valence-corrected chi connectivity index (χ2v) is 9.29. The number of nitrogens with one attached hydrogen (secondary N) is 1. The van der Waals surface area contributed by atoms with Crippen molar-refractivity contribution in [2.75, 3.05) is 31.6 Å². The highest BCUT2D eigenvalue weighted by molar-refractivity contribution is 7.89. The van der Waals surface area contributed by atoms with Crippen molar-refractivity contribution in [1.29, 1.82) is 0 Å². The molecule has 0 radical (unpaired) electrons. The van der Waals surface area contributed by atoms with E-state index >= 15 is 0 Å². The van der Waals surface area contributed by atoms with Crippen molar-refractivity contribution < 1.29 is 27.4 Å². The molecule has 0 aliphatic carbocycles. The smallest absolute Gasteiger partial charge is 0.255 e. The van der Waals surface area contributed by atoms with Crippen LogP contribution in [0.25, 0.3) is 0 Å². The van der Waals surface area contributed by atoms with Gasteiger partial charge in [0.25, 0.3) is 5.91 Å². The van der Waals surface area contributed by atoms with Crippen LogP contribution in [0.4, 0.5) is 10.1 Å². The highest BCUT2D eigenvalue weighted by Gasteiger charge is 2.29. The highest BCUT2D eigenvalue weighted by atomic mass is 35.5. The summed E-state index contributed by atoms with van der Waals surface area (Å²) in [5.41, 5.74) is 0.859. The molecule has 1 aliphatic heterocycles. The molecule has 1 unspecified atom stereocenters. The van der Waals surface area contributed by atoms with Gasteiger partial charge in [-0.25, -0.2) is 12.8 Å². The molecule has 162 valence electrons. The fraction of sp³-hybridized carbons (Fsp3) is 0.350. The normalized spacial score (nSPS) is 18.5. The minimum Gasteiger partial charge on any atom is -0.392 e. The SMILES string of the molecule is Cc1ccc(C(=O)Nc2ccc(F)c(Cl)c2)cc1S(=O)(=O)N1CCOCCC(O)C1. The second-order valence-electron chi connectivity index (χ2n) is 6.98. The molecule has 3 rings (SSSR count). The molecular formula is C20H22ClFN2O5S. The lowest BCUT2D eigenvalue weighted by Crippen LogP contribution is -2.42. The van der Waals surface area contributed by atoms with Crippen LogP contribution in [0.3, 0.4) is 0 Å². The number of β-amino-alcohol motifs (C(OH)–C–C–N with tert-alkyl or cyclic N) is 1. The largest absolute Gasteiger partial charge is 0.392 e. The van der Waals surface area contributed by atoms with Gasteiger partial charge in [-0.05, 0) is 49.2 Å². The summed E-state index contributed by atoms with van der Waals surface area (Å²) in [4.78, 5) is 12.6. The summed E-state index contributed by atoms with van der Waals surface area (Å²) in [5.74, 6) is -1.18. The molecule has 1 atom stereocenters. The van der Waals surface area contributed by atoms with Crippen LogP contribution in [0, 0.1) is 12.7 Å². The van der Waals surface area contributed by atoms with Gasteiger partial charge in [-0.2, -0.15) is 4.31 Å². The predicted octanol–water partition coefficient (Wildman–Crippen LogP) is 2.81. The maximum atomic E-state index is 13.3. The number of rotatable bonds is 4. The monoisotopic (exact) mass is 456 g/mol. The molecule has 0 bridgehead atoms. The number of halogens is 2. The minimum atomic E-state index is -3.96. The maximum Gasteiger partial charge on any atom is 0.255 e. The van der Waals surface area contributed by atoms with Crippen LogP contribution in [0.5, 0.6) is 0 Å². The minimum absolute atomic E-state index is 0.0277. The lowest BCUT2D eigenvalue weighted by atomic mass is 10.1. The van der Waals surface area contributed by atoms with E-state index in [1.165, 1.54) is 34.6 Å². The molecule has 1 amide bonds. The van der Waals surface area contributed by atoms with Gasteiger partial charge in [0.2, 0.25) is 10.0 Å². The van der Waals surface area contributed by atoms with Crippen LogP contribution < -0.4 is 5.32 Å². The molecule has 0 aromatic heterocycles. The average molecular weight is 457 g/mol. The molecule has 1 saturated heterocycles. The summed E-state index contributed by atoms with van der Waals surface area (Å²) in [7, 11) is -3.96. The Kier molecular flexibility index (Phi) is 7.10. The van der Waals surface area contributed by atoms with E-state index in [0.717, 1.165) is 6.07 Å². The van der Waals surface area contributed by atoms with Crippen LogP contribution in [-0.2, 0) is 14.8 Å². The first-order valence-electron chi connectivity index (χ1n) is 9.31. The first kappa shape index (κ1) is 22.6. The summed E-state index contributed by atoms with van der Waals surface area (Å²) in [5, 5.41) is 12.5. The molecule has 1 fully saturated rings. The van der Waals surface area contributed by atoms with E-state index in [4.69, 9.17) is 16.3 Å². The van der Waals surface area contributed by atoms with E-state index in [2.05, 4.69) is 5.32 Å². The van der Waals surface area contributed by atoms with Crippen molar-refractivity contribution in [3.63, 3.8) is 0 Å². The molecule has 2 aromatic carbocycles. The zero-order valence-electron chi connectivity index (χ0n) is 16.3. The molecule has 0 saturated carbocycles. The highest BCUT2D eigenvalue weighted by Crippen LogP contribution is 2.24. The Labute approximate surface area is 179 Å². The van der Waals surface area contributed by atoms with Crippen molar-refractivity contribution in [2.45, 2.75) is 24.3 Å². The predicted molar refractivity (Wildman–Crippen MR) is 111 cm³/mol. The molecule has 10 heteroatoms. The first-order valence-corrected chi connectivity index (χ1v) is 11.1. The van der Waals surface area contributed by atoms with Crippen molar-refractivity contribution in [3.05, 3.63) is 58.4 Å². The number of aryl methyl sites for hydroxylation is 1. The summed E-state index contributed by atoms with van der Waals surface area (Å²) < 4.78 is 46.2. The fourth-order valence-corrected chi connectivity index (χ4v) is 4.95. The van der Waals surface area contributed by atoms with Gasteiger partial charge in [0, 0.05) is 30.9 Å². The number of sulfonamides is 1. The number of aliphatic hydroxyl groups excluding tert-OH is 1. The summed E-state index contributed by atoms with van der Waals surface area (Å²) in [6, 6.07) is 8.07. The zero-order valence-corrected chi connectivity index (χ0v) is 17.8. The quantitative estimate of drug-likeness (QED) is 0.737. The van der Waals surface area contributed by atoms with Gasteiger partial charge in [-0.1, -0.05) is 17.7 Å². The van der Waals surface area contributed by atoms with E-state index < -0.39 is 27.9 Å². The number of hydrogen-bond acceptors (Lipinski definition) is 5. The van der Waals surface area contributed by atoms with E-state index in [0.29, 0.717) is 18.6 Å². The standard InChI is InChI=1S/C20H22ClFN2O5S/c1-13-2-3-14(20(26)23-15-4-5-18(22)17(21)11-15)10-19(13)30(27,28)24-7-9-29-8-6-16(25)12-24/h2-5,10-11,16,25H,6-9,12H2,1H3,(H,23,26). The van der Waals surface area contributed by atoms with Gasteiger partial charge in [0.1, 0.15) is 5.82 Å². The van der Waals surface area contributed by atoms with Crippen LogP contribution in [-0.4, -0.2) is 56.1 Å². The van der Waals surface area contributed by atoms with E-state index in [-0.39, 0.29) is 40.9 Å². The Hall–Kier alpha value is -2.04. The van der Waals surface area contributed by atoms with Gasteiger partial charge in [-0.3, -0.25) is 4.79 Å². The molecule has 7 nitrogen and oxygen atoms in total. The van der Waals surface area contributed by atoms with E-state index in [1.54, 1.807) is 6.92 Å². The third-order valence-electron chi connectivity index (χ3n) is 4.74. The lowest BCUT2D eigenvalue weighted by Gasteiger charge is -2.27. The van der Waals surface area contributed by atoms with Crippen LogP contribution in [0.15, 0.2) is 41.3 Å². The molecule has 1 heterocycles. The topological polar surface area (TPSA) is 95.9 Å². The average Bonchev–Trinajstić information content (AvgIpc) is 2.67. The van der Waals surface area contributed by atoms with Crippen molar-refractivity contribution in [3.8, 4) is 0 Å². The molecule has 2 N–H and O–H groups in total. The van der Waals surface area contributed by atoms with Gasteiger partial charge < -0.3 is 15.2 Å². The molecule has 30 heavy (non-hydrogen) atoms. The Balaban J connectivity index is 1.87. The Bertz CT molecular complexity index is 1050. The molecular weight excluding hydrogens is 435 g/mol. The number of carbonyl (C=O) groups excluding carboxylic acids is 1. The molecule has 2 aromatic rings. The molecule has 1 aliphatic rings. The number of carbonyl (C=O) groups is 1. The number of amides is 1. The number of ether oxygens (including phenoxy) is 1. The van der Waals surface area contributed by atoms with Crippen LogP contribution >= 0.6 is 11.6 Å². The number of hydrogen-bond donors (Lipinski definition) is 2. The lowest BCUT2D eigenvalue weighted by molar-refractivity contribution is 0.0423. The Morgan fingerprint density at radius 3 is 2.77 bits per heavy atom. The number of aliphatic hydroxyl groups is 1. The third kappa shape index (κ3) is 5.16. The maximum absolute atomic E-state index is 13.3. The number of benzene rings is 2. The zero-order chi connectivity index (χ0) is 21.9. The third-order valence-corrected chi connectivity index (χ3v) is 7.04.